The van der Waals surface area contributed by atoms with Gasteiger partial charge in [-0.25, -0.2) is 9.78 Å². The maximum Gasteiger partial charge on any atom is 0.371 e. The third kappa shape index (κ3) is 2.19. The Morgan fingerprint density at radius 2 is 1.94 bits per heavy atom. The number of pyridine rings is 1. The minimum atomic E-state index is -1.23. The van der Waals surface area contributed by atoms with Gasteiger partial charge in [0, 0.05) is 6.20 Å². The summed E-state index contributed by atoms with van der Waals surface area (Å²) in [6, 6.07) is 5.54. The van der Waals surface area contributed by atoms with Crippen LogP contribution >= 0.6 is 11.6 Å². The van der Waals surface area contributed by atoms with Crippen LogP contribution in [0.25, 0.3) is 0 Å². The van der Waals surface area contributed by atoms with Crippen molar-refractivity contribution < 1.29 is 19.1 Å². The zero-order chi connectivity index (χ0) is 12.4. The molecule has 0 aliphatic carbocycles. The molecule has 2 rings (SSSR count). The number of halogens is 1. The molecule has 0 aliphatic rings. The third-order valence-corrected chi connectivity index (χ3v) is 2.35. The summed E-state index contributed by atoms with van der Waals surface area (Å²) in [7, 11) is 0. The Kier molecular flexibility index (Phi) is 2.93. The van der Waals surface area contributed by atoms with Gasteiger partial charge in [-0.3, -0.25) is 4.79 Å². The molecule has 0 amide bonds. The van der Waals surface area contributed by atoms with Gasteiger partial charge in [-0.1, -0.05) is 11.6 Å². The van der Waals surface area contributed by atoms with Crippen molar-refractivity contribution >= 4 is 23.4 Å². The highest BCUT2D eigenvalue weighted by atomic mass is 35.5. The van der Waals surface area contributed by atoms with E-state index in [1.807, 2.05) is 0 Å². The fourth-order valence-corrected chi connectivity index (χ4v) is 1.47. The van der Waals surface area contributed by atoms with E-state index >= 15 is 0 Å². The van der Waals surface area contributed by atoms with Crippen molar-refractivity contribution in [1.29, 1.82) is 0 Å². The van der Waals surface area contributed by atoms with E-state index < -0.39 is 11.8 Å². The Labute approximate surface area is 101 Å². The van der Waals surface area contributed by atoms with E-state index in [9.17, 15) is 9.59 Å². The van der Waals surface area contributed by atoms with Crippen LogP contribution in [0.4, 0.5) is 0 Å². The Bertz CT molecular complexity index is 591. The first kappa shape index (κ1) is 11.3. The highest BCUT2D eigenvalue weighted by molar-refractivity contribution is 6.33. The second-order valence-electron chi connectivity index (χ2n) is 3.14. The fraction of sp³-hybridized carbons (Fsp3) is 0. The molecule has 1 N–H and O–H groups in total. The number of nitrogens with zero attached hydrogens (tertiary/aromatic N) is 1. The van der Waals surface area contributed by atoms with Gasteiger partial charge in [-0.15, -0.1) is 0 Å². The Morgan fingerprint density at radius 3 is 2.53 bits per heavy atom. The molecule has 0 atom stereocenters. The summed E-state index contributed by atoms with van der Waals surface area (Å²) in [5.74, 6) is -2.12. The lowest BCUT2D eigenvalue weighted by molar-refractivity contribution is 0.0660. The van der Waals surface area contributed by atoms with Gasteiger partial charge in [-0.2, -0.15) is 0 Å². The van der Waals surface area contributed by atoms with Gasteiger partial charge in [0.1, 0.15) is 5.15 Å². The second kappa shape index (κ2) is 4.39. The average Bonchev–Trinajstić information content (AvgIpc) is 2.78. The van der Waals surface area contributed by atoms with Gasteiger partial charge in [0.15, 0.2) is 5.76 Å². The van der Waals surface area contributed by atoms with Gasteiger partial charge in [-0.05, 0) is 24.3 Å². The van der Waals surface area contributed by atoms with Crippen LogP contribution in [0.1, 0.15) is 26.7 Å². The van der Waals surface area contributed by atoms with Crippen LogP contribution in [0.3, 0.4) is 0 Å². The zero-order valence-corrected chi connectivity index (χ0v) is 9.14. The molecular weight excluding hydrogens is 246 g/mol. The Balaban J connectivity index is 2.37. The summed E-state index contributed by atoms with van der Waals surface area (Å²) in [6.45, 7) is 0. The molecule has 6 heteroatoms. The van der Waals surface area contributed by atoms with E-state index in [1.165, 1.54) is 24.4 Å². The van der Waals surface area contributed by atoms with E-state index in [0.717, 1.165) is 0 Å². The molecule has 0 unspecified atom stereocenters. The lowest BCUT2D eigenvalue weighted by atomic mass is 10.1. The average molecular weight is 252 g/mol. The van der Waals surface area contributed by atoms with Crippen LogP contribution in [0.5, 0.6) is 0 Å². The van der Waals surface area contributed by atoms with E-state index in [4.69, 9.17) is 21.1 Å². The van der Waals surface area contributed by atoms with Crippen molar-refractivity contribution in [3.63, 3.8) is 0 Å². The summed E-state index contributed by atoms with van der Waals surface area (Å²) in [5, 5.41) is 8.71. The second-order valence-corrected chi connectivity index (χ2v) is 3.50. The van der Waals surface area contributed by atoms with Crippen LogP contribution in [0, 0.1) is 0 Å². The number of hydrogen-bond acceptors (Lipinski definition) is 4. The number of ketones is 1. The van der Waals surface area contributed by atoms with Crippen LogP contribution in [-0.4, -0.2) is 21.8 Å². The molecule has 2 aromatic heterocycles. The van der Waals surface area contributed by atoms with Crippen molar-refractivity contribution in [2.45, 2.75) is 0 Å². The molecule has 0 radical (unpaired) electrons. The monoisotopic (exact) mass is 251 g/mol. The normalized spacial score (nSPS) is 10.2. The SMILES string of the molecule is O=C(O)c1ccc(C(=O)c2cccnc2Cl)o1. The molecule has 0 fully saturated rings. The quantitative estimate of drug-likeness (QED) is 0.668. The van der Waals surface area contributed by atoms with Crippen LogP contribution in [0.2, 0.25) is 5.15 Å². The number of hydrogen-bond donors (Lipinski definition) is 1. The fourth-order valence-electron chi connectivity index (χ4n) is 1.26. The smallest absolute Gasteiger partial charge is 0.371 e. The molecule has 2 heterocycles. The number of carboxylic acid groups (broad SMARTS) is 1. The van der Waals surface area contributed by atoms with Crippen LogP contribution in [-0.2, 0) is 0 Å². The predicted octanol–water partition coefficient (Wildman–Crippen LogP) is 2.26. The molecule has 0 aromatic carbocycles. The number of carbonyl (C=O) groups excluding carboxylic acids is 1. The highest BCUT2D eigenvalue weighted by Crippen LogP contribution is 2.18. The first-order valence-corrected chi connectivity index (χ1v) is 4.95. The molecule has 2 aromatic rings. The topological polar surface area (TPSA) is 80.4 Å². The van der Waals surface area contributed by atoms with Crippen LogP contribution in [0.15, 0.2) is 34.9 Å². The molecule has 5 nitrogen and oxygen atoms in total. The van der Waals surface area contributed by atoms with Crippen LogP contribution < -0.4 is 0 Å². The number of rotatable bonds is 3. The number of aromatic carboxylic acids is 1. The summed E-state index contributed by atoms with van der Waals surface area (Å²) >= 11 is 5.75. The zero-order valence-electron chi connectivity index (χ0n) is 8.38. The highest BCUT2D eigenvalue weighted by Gasteiger charge is 2.18. The van der Waals surface area contributed by atoms with Crippen molar-refractivity contribution in [2.75, 3.05) is 0 Å². The lowest BCUT2D eigenvalue weighted by Gasteiger charge is -1.98. The summed E-state index contributed by atoms with van der Waals surface area (Å²) in [6.07, 6.45) is 1.45. The van der Waals surface area contributed by atoms with Gasteiger partial charge < -0.3 is 9.52 Å². The van der Waals surface area contributed by atoms with E-state index in [1.54, 1.807) is 6.07 Å². The van der Waals surface area contributed by atoms with Gasteiger partial charge in [0.2, 0.25) is 11.5 Å². The van der Waals surface area contributed by atoms with Crippen molar-refractivity contribution in [1.82, 2.24) is 4.98 Å². The van der Waals surface area contributed by atoms with Crippen molar-refractivity contribution in [3.8, 4) is 0 Å². The van der Waals surface area contributed by atoms with E-state index in [0.29, 0.717) is 0 Å². The predicted molar refractivity (Wildman–Crippen MR) is 58.3 cm³/mol. The van der Waals surface area contributed by atoms with Gasteiger partial charge >= 0.3 is 5.97 Å². The maximum atomic E-state index is 11.9. The number of carboxylic acids is 1. The molecule has 17 heavy (non-hydrogen) atoms. The minimum Gasteiger partial charge on any atom is -0.475 e. The molecule has 0 spiro atoms. The molecule has 0 saturated carbocycles. The standard InChI is InChI=1S/C11H6ClNO4/c12-10-6(2-1-5-13-10)9(14)7-3-4-8(17-7)11(15)16/h1-5H,(H,15,16). The first-order valence-electron chi connectivity index (χ1n) is 4.58. The Hall–Kier alpha value is -2.14. The largest absolute Gasteiger partial charge is 0.475 e. The van der Waals surface area contributed by atoms with Gasteiger partial charge in [0.25, 0.3) is 0 Å². The summed E-state index contributed by atoms with van der Waals surface area (Å²) in [5.41, 5.74) is 0.167. The third-order valence-electron chi connectivity index (χ3n) is 2.04. The minimum absolute atomic E-state index is 0.0470. The van der Waals surface area contributed by atoms with Gasteiger partial charge in [0.05, 0.1) is 5.56 Å². The molecular formula is C11H6ClNO4. The number of furan rings is 1. The number of carbonyl (C=O) groups is 2. The van der Waals surface area contributed by atoms with Crippen molar-refractivity contribution in [2.24, 2.45) is 0 Å². The lowest BCUT2D eigenvalue weighted by Crippen LogP contribution is -2.01. The molecule has 0 bridgehead atoms. The molecule has 0 saturated heterocycles. The maximum absolute atomic E-state index is 11.9. The number of aromatic nitrogens is 1. The van der Waals surface area contributed by atoms with Crippen molar-refractivity contribution in [3.05, 3.63) is 52.7 Å². The molecule has 0 aliphatic heterocycles. The molecule has 86 valence electrons. The summed E-state index contributed by atoms with van der Waals surface area (Å²) < 4.78 is 4.88. The van der Waals surface area contributed by atoms with E-state index in [2.05, 4.69) is 4.98 Å². The first-order chi connectivity index (χ1) is 8.09. The Morgan fingerprint density at radius 1 is 1.24 bits per heavy atom. The summed E-state index contributed by atoms with van der Waals surface area (Å²) in [4.78, 5) is 26.2. The van der Waals surface area contributed by atoms with E-state index in [-0.39, 0.29) is 22.2 Å².